The quantitative estimate of drug-likeness (QED) is 0.285. The van der Waals surface area contributed by atoms with Crippen LogP contribution in [0.1, 0.15) is 43.2 Å². The van der Waals surface area contributed by atoms with Crippen molar-refractivity contribution >= 4 is 11.5 Å². The second-order valence-electron chi connectivity index (χ2n) is 8.05. The lowest BCUT2D eigenvalue weighted by atomic mass is 9.89. The maximum Gasteiger partial charge on any atom is 0.260 e. The van der Waals surface area contributed by atoms with Crippen molar-refractivity contribution in [3.63, 3.8) is 0 Å². The highest BCUT2D eigenvalue weighted by Crippen LogP contribution is 2.40. The second kappa shape index (κ2) is 7.70. The van der Waals surface area contributed by atoms with Gasteiger partial charge in [0.05, 0.1) is 6.61 Å². The Kier molecular flexibility index (Phi) is 5.27. The summed E-state index contributed by atoms with van der Waals surface area (Å²) in [6, 6.07) is 6.77. The standard InChI is InChI=1S/C22H29N3O3/c1-16(6-9-21(26)24(2)23)17-7-8-20-18(14-17)15-27-22(28-20)10-12-25(13-11-22)19-4-3-5-19/h6-9,14,19H,1,3-5,10-13,15,23H2,2H3/b9-6-. The van der Waals surface area contributed by atoms with Gasteiger partial charge in [-0.05, 0) is 42.2 Å². The van der Waals surface area contributed by atoms with E-state index in [2.05, 4.69) is 11.5 Å². The summed E-state index contributed by atoms with van der Waals surface area (Å²) in [5.41, 5.74) is 2.69. The number of amides is 1. The lowest BCUT2D eigenvalue weighted by Crippen LogP contribution is -2.54. The molecule has 150 valence electrons. The molecule has 1 saturated carbocycles. The number of hydrogen-bond donors (Lipinski definition) is 1. The summed E-state index contributed by atoms with van der Waals surface area (Å²) in [6.45, 7) is 6.67. The summed E-state index contributed by atoms with van der Waals surface area (Å²) < 4.78 is 12.5. The summed E-state index contributed by atoms with van der Waals surface area (Å²) in [5.74, 6) is 5.55. The normalized spacial score (nSPS) is 21.8. The fourth-order valence-electron chi connectivity index (χ4n) is 4.04. The highest BCUT2D eigenvalue weighted by Gasteiger charge is 2.42. The first kappa shape index (κ1) is 19.2. The number of nitrogens with two attached hydrogens (primary N) is 1. The Hall–Kier alpha value is -2.15. The lowest BCUT2D eigenvalue weighted by molar-refractivity contribution is -0.231. The van der Waals surface area contributed by atoms with E-state index < -0.39 is 5.79 Å². The minimum absolute atomic E-state index is 0.277. The first-order valence-corrected chi connectivity index (χ1v) is 10.1. The van der Waals surface area contributed by atoms with E-state index in [0.29, 0.717) is 6.61 Å². The van der Waals surface area contributed by atoms with Gasteiger partial charge in [0, 0.05) is 50.7 Å². The van der Waals surface area contributed by atoms with Crippen molar-refractivity contribution in [1.82, 2.24) is 9.91 Å². The number of rotatable bonds is 4. The van der Waals surface area contributed by atoms with Crippen LogP contribution >= 0.6 is 0 Å². The number of carbonyl (C=O) groups is 1. The SMILES string of the molecule is C=C(/C=C\C(=O)N(C)N)c1ccc2c(c1)COC1(CCN(C3CCC3)CC1)O2. The number of allylic oxidation sites excluding steroid dienone is 2. The number of ether oxygens (including phenoxy) is 2. The smallest absolute Gasteiger partial charge is 0.260 e. The maximum atomic E-state index is 11.6. The van der Waals surface area contributed by atoms with E-state index in [9.17, 15) is 4.79 Å². The van der Waals surface area contributed by atoms with E-state index in [1.54, 1.807) is 6.08 Å². The van der Waals surface area contributed by atoms with E-state index >= 15 is 0 Å². The number of piperidine rings is 1. The van der Waals surface area contributed by atoms with Gasteiger partial charge in [-0.3, -0.25) is 14.7 Å². The zero-order valence-corrected chi connectivity index (χ0v) is 16.5. The number of likely N-dealkylation sites (N-methyl/N-ethyl adjacent to an activating group) is 1. The molecule has 1 amide bonds. The van der Waals surface area contributed by atoms with Gasteiger partial charge in [-0.1, -0.05) is 19.1 Å². The first-order chi connectivity index (χ1) is 13.5. The van der Waals surface area contributed by atoms with Crippen molar-refractivity contribution in [2.24, 2.45) is 5.84 Å². The minimum Gasteiger partial charge on any atom is -0.462 e. The van der Waals surface area contributed by atoms with Gasteiger partial charge >= 0.3 is 0 Å². The summed E-state index contributed by atoms with van der Waals surface area (Å²) in [5, 5.41) is 1.04. The Morgan fingerprint density at radius 2 is 2.07 bits per heavy atom. The largest absolute Gasteiger partial charge is 0.462 e. The van der Waals surface area contributed by atoms with Crippen molar-refractivity contribution in [3.8, 4) is 5.75 Å². The topological polar surface area (TPSA) is 68.0 Å². The van der Waals surface area contributed by atoms with Crippen LogP contribution in [-0.4, -0.2) is 47.8 Å². The molecule has 0 bridgehead atoms. The van der Waals surface area contributed by atoms with Crippen LogP contribution in [-0.2, 0) is 16.1 Å². The van der Waals surface area contributed by atoms with Crippen molar-refractivity contribution < 1.29 is 14.3 Å². The lowest BCUT2D eigenvalue weighted by Gasteiger charge is -2.47. The molecule has 1 aromatic rings. The van der Waals surface area contributed by atoms with Crippen LogP contribution in [0.15, 0.2) is 36.9 Å². The van der Waals surface area contributed by atoms with Gasteiger partial charge in [0.25, 0.3) is 5.91 Å². The van der Waals surface area contributed by atoms with E-state index in [1.165, 1.54) is 32.4 Å². The number of nitrogens with zero attached hydrogens (tertiary/aromatic N) is 2. The van der Waals surface area contributed by atoms with Crippen LogP contribution in [0, 0.1) is 0 Å². The van der Waals surface area contributed by atoms with Crippen LogP contribution in [0.25, 0.3) is 5.57 Å². The molecule has 4 rings (SSSR count). The van der Waals surface area contributed by atoms with Crippen LogP contribution in [0.2, 0.25) is 0 Å². The summed E-state index contributed by atoms with van der Waals surface area (Å²) >= 11 is 0. The van der Waals surface area contributed by atoms with E-state index in [1.807, 2.05) is 18.2 Å². The summed E-state index contributed by atoms with van der Waals surface area (Å²) in [4.78, 5) is 14.2. The molecule has 0 aromatic heterocycles. The van der Waals surface area contributed by atoms with Crippen molar-refractivity contribution in [3.05, 3.63) is 48.1 Å². The number of fused-ring (bicyclic) bond motifs is 1. The van der Waals surface area contributed by atoms with E-state index in [0.717, 1.165) is 59.4 Å². The third kappa shape index (κ3) is 3.85. The molecule has 6 nitrogen and oxygen atoms in total. The number of carbonyl (C=O) groups excluding carboxylic acids is 1. The molecular weight excluding hydrogens is 354 g/mol. The third-order valence-corrected chi connectivity index (χ3v) is 6.14. The molecule has 0 atom stereocenters. The molecule has 2 fully saturated rings. The number of hydrogen-bond acceptors (Lipinski definition) is 5. The van der Waals surface area contributed by atoms with E-state index in [4.69, 9.17) is 15.3 Å². The van der Waals surface area contributed by atoms with Crippen molar-refractivity contribution in [1.29, 1.82) is 0 Å². The molecule has 2 heterocycles. The highest BCUT2D eigenvalue weighted by atomic mass is 16.7. The zero-order chi connectivity index (χ0) is 19.7. The van der Waals surface area contributed by atoms with Gasteiger partial charge < -0.3 is 9.47 Å². The van der Waals surface area contributed by atoms with Crippen LogP contribution in [0.5, 0.6) is 5.75 Å². The highest BCUT2D eigenvalue weighted by molar-refractivity contribution is 5.90. The molecule has 1 saturated heterocycles. The molecular formula is C22H29N3O3. The number of likely N-dealkylation sites (tertiary alicyclic amines) is 1. The average Bonchev–Trinajstić information content (AvgIpc) is 2.66. The van der Waals surface area contributed by atoms with Gasteiger partial charge in [0.1, 0.15) is 5.75 Å². The van der Waals surface area contributed by atoms with E-state index in [-0.39, 0.29) is 5.91 Å². The van der Waals surface area contributed by atoms with Crippen molar-refractivity contribution in [2.75, 3.05) is 20.1 Å². The molecule has 6 heteroatoms. The van der Waals surface area contributed by atoms with Gasteiger partial charge in [0.2, 0.25) is 5.79 Å². The Labute approximate surface area is 166 Å². The fraction of sp³-hybridized carbons (Fsp3) is 0.500. The summed E-state index contributed by atoms with van der Waals surface area (Å²) in [6.07, 6.45) is 8.96. The maximum absolute atomic E-state index is 11.6. The molecule has 2 aliphatic heterocycles. The monoisotopic (exact) mass is 383 g/mol. The second-order valence-corrected chi connectivity index (χ2v) is 8.05. The van der Waals surface area contributed by atoms with Crippen LogP contribution in [0.3, 0.4) is 0 Å². The van der Waals surface area contributed by atoms with Gasteiger partial charge in [-0.2, -0.15) is 0 Å². The van der Waals surface area contributed by atoms with Crippen LogP contribution < -0.4 is 10.6 Å². The van der Waals surface area contributed by atoms with Gasteiger partial charge in [0.15, 0.2) is 0 Å². The molecule has 1 aliphatic carbocycles. The molecule has 28 heavy (non-hydrogen) atoms. The number of benzene rings is 1. The molecule has 3 aliphatic rings. The third-order valence-electron chi connectivity index (χ3n) is 6.14. The molecule has 0 unspecified atom stereocenters. The first-order valence-electron chi connectivity index (χ1n) is 10.1. The zero-order valence-electron chi connectivity index (χ0n) is 16.5. The molecule has 2 N–H and O–H groups in total. The predicted molar refractivity (Wildman–Crippen MR) is 108 cm³/mol. The number of hydrazine groups is 1. The Bertz CT molecular complexity index is 790. The minimum atomic E-state index is -0.482. The van der Waals surface area contributed by atoms with Crippen LogP contribution in [0.4, 0.5) is 0 Å². The van der Waals surface area contributed by atoms with Gasteiger partial charge in [-0.15, -0.1) is 0 Å². The Morgan fingerprint density at radius 3 is 2.71 bits per heavy atom. The summed E-state index contributed by atoms with van der Waals surface area (Å²) in [7, 11) is 1.51. The average molecular weight is 383 g/mol. The molecule has 1 spiro atoms. The Morgan fingerprint density at radius 1 is 1.32 bits per heavy atom. The van der Waals surface area contributed by atoms with Crippen molar-refractivity contribution in [2.45, 2.75) is 50.5 Å². The predicted octanol–water partition coefficient (Wildman–Crippen LogP) is 2.84. The van der Waals surface area contributed by atoms with Gasteiger partial charge in [-0.25, -0.2) is 5.84 Å². The fourth-order valence-corrected chi connectivity index (χ4v) is 4.04. The molecule has 1 aromatic carbocycles. The Balaban J connectivity index is 1.40. The molecule has 0 radical (unpaired) electrons.